The normalized spacial score (nSPS) is 24.6. The van der Waals surface area contributed by atoms with E-state index in [1.54, 1.807) is 6.33 Å². The van der Waals surface area contributed by atoms with Gasteiger partial charge in [-0.15, -0.1) is 0 Å². The Morgan fingerprint density at radius 1 is 1.09 bits per heavy atom. The van der Waals surface area contributed by atoms with Gasteiger partial charge < -0.3 is 29.1 Å². The van der Waals surface area contributed by atoms with E-state index in [-0.39, 0.29) is 23.8 Å². The van der Waals surface area contributed by atoms with Gasteiger partial charge in [-0.3, -0.25) is 4.57 Å². The quantitative estimate of drug-likeness (QED) is 0.615. The van der Waals surface area contributed by atoms with Crippen LogP contribution in [0.25, 0.3) is 11.2 Å². The molecule has 1 aliphatic rings. The summed E-state index contributed by atoms with van der Waals surface area (Å²) in [6.45, 7) is 16.7. The molecule has 179 valence electrons. The Morgan fingerprint density at radius 2 is 1.78 bits per heavy atom. The zero-order valence-corrected chi connectivity index (χ0v) is 21.5. The highest BCUT2D eigenvalue weighted by atomic mass is 28.3. The van der Waals surface area contributed by atoms with Crippen molar-refractivity contribution in [2.24, 2.45) is 0 Å². The van der Waals surface area contributed by atoms with Gasteiger partial charge in [0.05, 0.1) is 31.2 Å². The van der Waals surface area contributed by atoms with Gasteiger partial charge in [-0.25, -0.2) is 4.98 Å². The van der Waals surface area contributed by atoms with Gasteiger partial charge in [0.25, 0.3) is 0 Å². The van der Waals surface area contributed by atoms with Gasteiger partial charge >= 0.3 is 0 Å². The lowest BCUT2D eigenvalue weighted by Crippen LogP contribution is -2.44. The second-order valence-corrected chi connectivity index (χ2v) is 12.1. The lowest BCUT2D eigenvalue weighted by atomic mass is 10.1. The Balaban J connectivity index is 2.05. The molecule has 3 heterocycles. The van der Waals surface area contributed by atoms with E-state index in [0.29, 0.717) is 23.7 Å². The molecule has 1 radical (unpaired) electrons. The van der Waals surface area contributed by atoms with Crippen LogP contribution in [0.5, 0.6) is 5.88 Å². The number of methoxy groups -OCH3 is 1. The zero-order valence-electron chi connectivity index (χ0n) is 20.5. The van der Waals surface area contributed by atoms with E-state index in [4.69, 9.17) is 29.1 Å². The third kappa shape index (κ3) is 5.76. The van der Waals surface area contributed by atoms with E-state index >= 15 is 0 Å². The molecular formula is C21H36N5O5Si. The molecule has 10 nitrogen and oxygen atoms in total. The second kappa shape index (κ2) is 9.22. The second-order valence-electron chi connectivity index (χ2n) is 10.1. The van der Waals surface area contributed by atoms with E-state index in [0.717, 1.165) is 0 Å². The van der Waals surface area contributed by atoms with E-state index in [9.17, 15) is 0 Å². The summed E-state index contributed by atoms with van der Waals surface area (Å²) < 4.78 is 32.7. The topological polar surface area (TPSA) is 116 Å². The van der Waals surface area contributed by atoms with Crippen LogP contribution in [0.2, 0.25) is 13.1 Å². The number of nitrogens with zero attached hydrogens (tertiary/aromatic N) is 4. The number of hydrogen-bond acceptors (Lipinski definition) is 9. The first kappa shape index (κ1) is 24.8. The maximum Gasteiger partial charge on any atom is 0.246 e. The van der Waals surface area contributed by atoms with Crippen molar-refractivity contribution in [3.8, 4) is 5.88 Å². The zero-order chi connectivity index (χ0) is 23.8. The van der Waals surface area contributed by atoms with Gasteiger partial charge in [0.2, 0.25) is 20.9 Å². The molecule has 1 saturated heterocycles. The van der Waals surface area contributed by atoms with Crippen molar-refractivity contribution in [3.63, 3.8) is 0 Å². The molecule has 4 atom stereocenters. The minimum Gasteiger partial charge on any atom is -0.479 e. The molecule has 2 N–H and O–H groups in total. The van der Waals surface area contributed by atoms with E-state index in [2.05, 4.69) is 28.0 Å². The fourth-order valence-corrected chi connectivity index (χ4v) is 4.41. The van der Waals surface area contributed by atoms with Gasteiger partial charge in [0, 0.05) is 0 Å². The molecule has 0 bridgehead atoms. The summed E-state index contributed by atoms with van der Waals surface area (Å²) in [6, 6.07) is 0. The van der Waals surface area contributed by atoms with E-state index < -0.39 is 27.0 Å². The third-order valence-corrected chi connectivity index (χ3v) is 5.45. The molecule has 3 rings (SSSR count). The summed E-state index contributed by atoms with van der Waals surface area (Å²) in [5.41, 5.74) is 6.20. The van der Waals surface area contributed by atoms with Crippen LogP contribution in [0.15, 0.2) is 6.33 Å². The number of imidazole rings is 1. The number of fused-ring (bicyclic) bond motifs is 1. The van der Waals surface area contributed by atoms with Crippen LogP contribution < -0.4 is 10.5 Å². The van der Waals surface area contributed by atoms with Crippen LogP contribution in [0.1, 0.15) is 47.8 Å². The van der Waals surface area contributed by atoms with E-state index in [1.165, 1.54) is 7.11 Å². The minimum atomic E-state index is -1.05. The molecule has 0 aliphatic carbocycles. The Hall–Kier alpha value is -1.79. The number of ether oxygens (including phenoxy) is 4. The van der Waals surface area contributed by atoms with E-state index in [1.807, 2.05) is 46.1 Å². The number of anilines is 1. The molecule has 32 heavy (non-hydrogen) atoms. The van der Waals surface area contributed by atoms with Gasteiger partial charge in [0.1, 0.15) is 18.3 Å². The molecule has 0 amide bonds. The smallest absolute Gasteiger partial charge is 0.246 e. The number of rotatable bonds is 7. The molecule has 2 aromatic heterocycles. The maximum atomic E-state index is 6.52. The number of nitrogens with two attached hydrogens (primary N) is 1. The summed E-state index contributed by atoms with van der Waals surface area (Å²) in [6.07, 6.45) is 0.0499. The fourth-order valence-electron chi connectivity index (χ4n) is 3.58. The molecule has 2 aromatic rings. The van der Waals surface area contributed by atoms with Crippen molar-refractivity contribution in [2.75, 3.05) is 19.5 Å². The first-order valence-electron chi connectivity index (χ1n) is 10.8. The monoisotopic (exact) mass is 466 g/mol. The van der Waals surface area contributed by atoms with Crippen LogP contribution in [-0.2, 0) is 18.6 Å². The molecule has 0 aromatic carbocycles. The van der Waals surface area contributed by atoms with Crippen molar-refractivity contribution in [2.45, 2.75) is 90.4 Å². The molecule has 0 spiro atoms. The molecule has 0 saturated carbocycles. The third-order valence-electron chi connectivity index (χ3n) is 4.70. The molecule has 1 aliphatic heterocycles. The van der Waals surface area contributed by atoms with Crippen LogP contribution >= 0.6 is 0 Å². The van der Waals surface area contributed by atoms with Crippen molar-refractivity contribution >= 4 is 26.2 Å². The Labute approximate surface area is 191 Å². The lowest BCUT2D eigenvalue weighted by molar-refractivity contribution is -0.127. The van der Waals surface area contributed by atoms with Crippen LogP contribution in [-0.4, -0.2) is 71.8 Å². The van der Waals surface area contributed by atoms with Gasteiger partial charge in [-0.1, -0.05) is 0 Å². The number of aromatic nitrogens is 4. The maximum absolute atomic E-state index is 6.52. The Morgan fingerprint density at radius 3 is 2.34 bits per heavy atom. The van der Waals surface area contributed by atoms with Crippen molar-refractivity contribution in [3.05, 3.63) is 6.33 Å². The summed E-state index contributed by atoms with van der Waals surface area (Å²) in [5, 5.41) is 0. The molecular weight excluding hydrogens is 430 g/mol. The Kier molecular flexibility index (Phi) is 7.16. The number of hydrogen-bond donors (Lipinski definition) is 1. The predicted molar refractivity (Wildman–Crippen MR) is 123 cm³/mol. The largest absolute Gasteiger partial charge is 0.479 e. The van der Waals surface area contributed by atoms with Crippen molar-refractivity contribution in [1.29, 1.82) is 0 Å². The van der Waals surface area contributed by atoms with Crippen molar-refractivity contribution < 1.29 is 23.4 Å². The summed E-state index contributed by atoms with van der Waals surface area (Å²) in [5.74, 6) is 0.404. The lowest BCUT2D eigenvalue weighted by Gasteiger charge is -2.32. The highest BCUT2D eigenvalue weighted by Gasteiger charge is 2.49. The van der Waals surface area contributed by atoms with Gasteiger partial charge in [0.15, 0.2) is 17.4 Å². The molecule has 1 fully saturated rings. The Bertz CT molecular complexity index is 924. The van der Waals surface area contributed by atoms with Crippen LogP contribution in [0.3, 0.4) is 0 Å². The first-order chi connectivity index (χ1) is 14.8. The SMILES string of the molecule is COc1nc(N)nc2c1ncn2[C@@H]1O[C@H](COC(C)(C)C)[C@@H](O[Si](C)C)[C@@H]1OC(C)(C)C. The van der Waals surface area contributed by atoms with Crippen LogP contribution in [0, 0.1) is 0 Å². The average molecular weight is 467 g/mol. The standard InChI is InChI=1S/C21H36N5O5Si/c1-20(2,3)28-10-12-14(31-32(8)9)15(30-21(4,5)6)18(29-12)26-11-23-13-16(26)24-19(22)25-17(13)27-7/h11-12,14-15,18H,10H2,1-9H3,(H2,22,24,25)/t12-,14-,15+,18-/m1/s1. The fraction of sp³-hybridized carbons (Fsp3) is 0.762. The van der Waals surface area contributed by atoms with Crippen molar-refractivity contribution in [1.82, 2.24) is 19.5 Å². The molecule has 11 heteroatoms. The summed E-state index contributed by atoms with van der Waals surface area (Å²) in [7, 11) is 0.475. The minimum absolute atomic E-state index is 0.0930. The summed E-state index contributed by atoms with van der Waals surface area (Å²) >= 11 is 0. The average Bonchev–Trinajstić information content (AvgIpc) is 3.19. The first-order valence-corrected chi connectivity index (χ1v) is 13.2. The number of nitrogen functional groups attached to an aromatic ring is 1. The van der Waals surface area contributed by atoms with Gasteiger partial charge in [-0.2, -0.15) is 9.97 Å². The highest BCUT2D eigenvalue weighted by molar-refractivity contribution is 6.48. The predicted octanol–water partition coefficient (Wildman–Crippen LogP) is 2.95. The molecule has 0 unspecified atom stereocenters. The van der Waals surface area contributed by atoms with Crippen LogP contribution in [0.4, 0.5) is 5.95 Å². The van der Waals surface area contributed by atoms with Gasteiger partial charge in [-0.05, 0) is 54.6 Å². The highest BCUT2D eigenvalue weighted by Crippen LogP contribution is 2.39. The summed E-state index contributed by atoms with van der Waals surface area (Å²) in [4.78, 5) is 13.0.